The third-order valence-electron chi connectivity index (χ3n) is 3.52. The number of hydrogen-bond acceptors (Lipinski definition) is 2. The van der Waals surface area contributed by atoms with Crippen LogP contribution in [0.2, 0.25) is 0 Å². The van der Waals surface area contributed by atoms with Crippen molar-refractivity contribution in [3.63, 3.8) is 0 Å². The lowest BCUT2D eigenvalue weighted by molar-refractivity contribution is 0.0954. The first-order valence-electron chi connectivity index (χ1n) is 5.75. The zero-order chi connectivity index (χ0) is 12.3. The molecule has 4 heteroatoms. The Morgan fingerprint density at radius 2 is 2.06 bits per heavy atom. The second-order valence-corrected chi connectivity index (χ2v) is 4.39. The van der Waals surface area contributed by atoms with Gasteiger partial charge in [-0.3, -0.25) is 9.48 Å². The Balaban J connectivity index is 3.14. The minimum absolute atomic E-state index is 0.0596. The summed E-state index contributed by atoms with van der Waals surface area (Å²) in [7, 11) is 3.44. The largest absolute Gasteiger partial charge is 0.354 e. The molecule has 0 radical (unpaired) electrons. The Morgan fingerprint density at radius 3 is 2.50 bits per heavy atom. The summed E-state index contributed by atoms with van der Waals surface area (Å²) >= 11 is 0. The molecule has 90 valence electrons. The summed E-state index contributed by atoms with van der Waals surface area (Å²) in [6.45, 7) is 6.48. The molecule has 1 aromatic heterocycles. The summed E-state index contributed by atoms with van der Waals surface area (Å²) in [5.74, 6) is -0.0872. The van der Waals surface area contributed by atoms with E-state index in [1.54, 1.807) is 18.8 Å². The summed E-state index contributed by atoms with van der Waals surface area (Å²) in [5.41, 5.74) is 1.67. The van der Waals surface area contributed by atoms with E-state index in [-0.39, 0.29) is 11.3 Å². The zero-order valence-corrected chi connectivity index (χ0v) is 10.8. The van der Waals surface area contributed by atoms with Crippen molar-refractivity contribution in [1.29, 1.82) is 0 Å². The molecule has 4 nitrogen and oxygen atoms in total. The van der Waals surface area contributed by atoms with Gasteiger partial charge in [0.25, 0.3) is 5.91 Å². The van der Waals surface area contributed by atoms with Gasteiger partial charge in [0.2, 0.25) is 0 Å². The van der Waals surface area contributed by atoms with Gasteiger partial charge in [-0.2, -0.15) is 5.10 Å². The Morgan fingerprint density at radius 1 is 1.50 bits per heavy atom. The molecule has 1 amide bonds. The van der Waals surface area contributed by atoms with Crippen molar-refractivity contribution in [2.24, 2.45) is 7.05 Å². The SMILES string of the molecule is CCC(C)(CC)c1cc(C(=O)NC)n(C)n1. The monoisotopic (exact) mass is 223 g/mol. The number of nitrogens with zero attached hydrogens (tertiary/aromatic N) is 2. The molecular weight excluding hydrogens is 202 g/mol. The number of aryl methyl sites for hydroxylation is 1. The molecule has 0 fully saturated rings. The van der Waals surface area contributed by atoms with E-state index in [1.165, 1.54) is 0 Å². The van der Waals surface area contributed by atoms with E-state index >= 15 is 0 Å². The molecule has 16 heavy (non-hydrogen) atoms. The van der Waals surface area contributed by atoms with Crippen molar-refractivity contribution in [2.75, 3.05) is 7.05 Å². The van der Waals surface area contributed by atoms with Gasteiger partial charge in [-0.1, -0.05) is 20.8 Å². The normalized spacial score (nSPS) is 11.6. The summed E-state index contributed by atoms with van der Waals surface area (Å²) in [4.78, 5) is 11.6. The first-order chi connectivity index (χ1) is 7.48. The maximum atomic E-state index is 11.6. The van der Waals surface area contributed by atoms with Gasteiger partial charge in [-0.25, -0.2) is 0 Å². The van der Waals surface area contributed by atoms with Crippen molar-refractivity contribution in [3.05, 3.63) is 17.5 Å². The average Bonchev–Trinajstić information content (AvgIpc) is 2.69. The van der Waals surface area contributed by atoms with Gasteiger partial charge < -0.3 is 5.32 Å². The molecule has 0 aliphatic heterocycles. The van der Waals surface area contributed by atoms with E-state index < -0.39 is 0 Å². The van der Waals surface area contributed by atoms with Crippen LogP contribution in [0.3, 0.4) is 0 Å². The van der Waals surface area contributed by atoms with Gasteiger partial charge in [0.1, 0.15) is 5.69 Å². The van der Waals surface area contributed by atoms with Gasteiger partial charge >= 0.3 is 0 Å². The predicted molar refractivity (Wildman–Crippen MR) is 64.5 cm³/mol. The fourth-order valence-corrected chi connectivity index (χ4v) is 1.72. The maximum Gasteiger partial charge on any atom is 0.269 e. The molecule has 0 aromatic carbocycles. The average molecular weight is 223 g/mol. The molecular formula is C12H21N3O. The van der Waals surface area contributed by atoms with Crippen molar-refractivity contribution >= 4 is 5.91 Å². The molecule has 1 N–H and O–H groups in total. The number of amides is 1. The quantitative estimate of drug-likeness (QED) is 0.847. The number of rotatable bonds is 4. The van der Waals surface area contributed by atoms with Crippen molar-refractivity contribution in [3.8, 4) is 0 Å². The third-order valence-corrected chi connectivity index (χ3v) is 3.52. The van der Waals surface area contributed by atoms with Crippen LogP contribution in [0.5, 0.6) is 0 Å². The molecule has 0 atom stereocenters. The smallest absolute Gasteiger partial charge is 0.269 e. The Labute approximate surface area is 97.0 Å². The van der Waals surface area contributed by atoms with Gasteiger partial charge in [0.05, 0.1) is 5.69 Å². The highest BCUT2D eigenvalue weighted by atomic mass is 16.1. The van der Waals surface area contributed by atoms with E-state index in [4.69, 9.17) is 0 Å². The zero-order valence-electron chi connectivity index (χ0n) is 10.8. The van der Waals surface area contributed by atoms with Crippen molar-refractivity contribution in [2.45, 2.75) is 39.0 Å². The highest BCUT2D eigenvalue weighted by Crippen LogP contribution is 2.30. The Hall–Kier alpha value is -1.32. The van der Waals surface area contributed by atoms with Gasteiger partial charge in [0, 0.05) is 19.5 Å². The van der Waals surface area contributed by atoms with Crippen molar-refractivity contribution in [1.82, 2.24) is 15.1 Å². The number of nitrogens with one attached hydrogen (secondary N) is 1. The molecule has 1 rings (SSSR count). The summed E-state index contributed by atoms with van der Waals surface area (Å²) in [6, 6.07) is 1.89. The number of carbonyl (C=O) groups is 1. The van der Waals surface area contributed by atoms with E-state index in [9.17, 15) is 4.79 Å². The first kappa shape index (κ1) is 12.7. The van der Waals surface area contributed by atoms with Crippen LogP contribution in [0, 0.1) is 0 Å². The van der Waals surface area contributed by atoms with E-state index in [2.05, 4.69) is 31.2 Å². The molecule has 0 spiro atoms. The molecule has 0 saturated heterocycles. The molecule has 1 heterocycles. The lowest BCUT2D eigenvalue weighted by Crippen LogP contribution is -2.20. The van der Waals surface area contributed by atoms with Gasteiger partial charge in [-0.05, 0) is 18.9 Å². The summed E-state index contributed by atoms with van der Waals surface area (Å²) in [6.07, 6.45) is 2.04. The Bertz CT molecular complexity index is 378. The van der Waals surface area contributed by atoms with E-state index in [0.717, 1.165) is 18.5 Å². The van der Waals surface area contributed by atoms with Crippen LogP contribution >= 0.6 is 0 Å². The highest BCUT2D eigenvalue weighted by Gasteiger charge is 2.27. The molecule has 1 aromatic rings. The molecule has 0 aliphatic carbocycles. The molecule has 0 aliphatic rings. The van der Waals surface area contributed by atoms with Crippen LogP contribution in [0.1, 0.15) is 49.8 Å². The van der Waals surface area contributed by atoms with Crippen molar-refractivity contribution < 1.29 is 4.79 Å². The second kappa shape index (κ2) is 4.68. The van der Waals surface area contributed by atoms with E-state index in [1.807, 2.05) is 6.07 Å². The van der Waals surface area contributed by atoms with Crippen LogP contribution < -0.4 is 5.32 Å². The fourth-order valence-electron chi connectivity index (χ4n) is 1.72. The van der Waals surface area contributed by atoms with Crippen LogP contribution in [-0.2, 0) is 12.5 Å². The predicted octanol–water partition coefficient (Wildman–Crippen LogP) is 1.86. The minimum atomic E-state index is -0.0872. The standard InChI is InChI=1S/C12H21N3O/c1-6-12(3,7-2)10-8-9(11(16)13-4)15(5)14-10/h8H,6-7H2,1-5H3,(H,13,16). The lowest BCUT2D eigenvalue weighted by atomic mass is 9.81. The Kier molecular flexibility index (Phi) is 3.73. The van der Waals surface area contributed by atoms with Gasteiger partial charge in [0.15, 0.2) is 0 Å². The number of carbonyl (C=O) groups excluding carboxylic acids is 1. The van der Waals surface area contributed by atoms with Gasteiger partial charge in [-0.15, -0.1) is 0 Å². The lowest BCUT2D eigenvalue weighted by Gasteiger charge is -2.23. The first-order valence-corrected chi connectivity index (χ1v) is 5.75. The van der Waals surface area contributed by atoms with Crippen LogP contribution in [0.25, 0.3) is 0 Å². The van der Waals surface area contributed by atoms with Crippen LogP contribution in [-0.4, -0.2) is 22.7 Å². The topological polar surface area (TPSA) is 46.9 Å². The molecule has 0 unspecified atom stereocenters. The molecule has 0 bridgehead atoms. The van der Waals surface area contributed by atoms with Crippen LogP contribution in [0.4, 0.5) is 0 Å². The molecule has 0 saturated carbocycles. The third kappa shape index (κ3) is 2.10. The maximum absolute atomic E-state index is 11.6. The highest BCUT2D eigenvalue weighted by molar-refractivity contribution is 5.92. The second-order valence-electron chi connectivity index (χ2n) is 4.39. The summed E-state index contributed by atoms with van der Waals surface area (Å²) in [5, 5.41) is 7.07. The number of aromatic nitrogens is 2. The fraction of sp³-hybridized carbons (Fsp3) is 0.667. The summed E-state index contributed by atoms with van der Waals surface area (Å²) < 4.78 is 1.65. The minimum Gasteiger partial charge on any atom is -0.354 e. The van der Waals surface area contributed by atoms with E-state index in [0.29, 0.717) is 5.69 Å². The number of hydrogen-bond donors (Lipinski definition) is 1. The van der Waals surface area contributed by atoms with Crippen LogP contribution in [0.15, 0.2) is 6.07 Å².